The van der Waals surface area contributed by atoms with Crippen LogP contribution in [0.4, 0.5) is 0 Å². The molecule has 2 heteroatoms. The molecule has 12 heavy (non-hydrogen) atoms. The number of rotatable bonds is 1. The molecule has 0 heterocycles. The van der Waals surface area contributed by atoms with Crippen molar-refractivity contribution in [3.63, 3.8) is 0 Å². The molecule has 2 N–H and O–H groups in total. The highest BCUT2D eigenvalue weighted by molar-refractivity contribution is 5.85. The summed E-state index contributed by atoms with van der Waals surface area (Å²) in [7, 11) is 0. The molecule has 0 bridgehead atoms. The highest BCUT2D eigenvalue weighted by atomic mass is 35.5. The van der Waals surface area contributed by atoms with E-state index in [1.807, 2.05) is 0 Å². The van der Waals surface area contributed by atoms with Gasteiger partial charge in [0.25, 0.3) is 0 Å². The standard InChI is InChI=1S/C10H13N.ClH/c1-7-4-2-3-5-8(7)9-6-10(9)11;/h2-5,9-10H,6,11H2,1H3;1H/t9-,10+;/m0./s1. The number of hydrogen-bond acceptors (Lipinski definition) is 1. The van der Waals surface area contributed by atoms with Crippen LogP contribution in [0.15, 0.2) is 24.3 Å². The van der Waals surface area contributed by atoms with Gasteiger partial charge in [0.05, 0.1) is 0 Å². The van der Waals surface area contributed by atoms with Gasteiger partial charge in [-0.25, -0.2) is 0 Å². The van der Waals surface area contributed by atoms with Gasteiger partial charge in [0.2, 0.25) is 0 Å². The lowest BCUT2D eigenvalue weighted by Gasteiger charge is -2.01. The van der Waals surface area contributed by atoms with Gasteiger partial charge >= 0.3 is 0 Å². The van der Waals surface area contributed by atoms with Crippen molar-refractivity contribution in [2.75, 3.05) is 0 Å². The lowest BCUT2D eigenvalue weighted by Crippen LogP contribution is -2.01. The molecule has 1 aromatic rings. The summed E-state index contributed by atoms with van der Waals surface area (Å²) in [4.78, 5) is 0. The zero-order chi connectivity index (χ0) is 7.84. The molecule has 0 unspecified atom stereocenters. The number of benzene rings is 1. The Kier molecular flexibility index (Phi) is 2.76. The highest BCUT2D eigenvalue weighted by Gasteiger charge is 2.35. The van der Waals surface area contributed by atoms with Gasteiger partial charge in [0.15, 0.2) is 0 Å². The van der Waals surface area contributed by atoms with E-state index in [1.165, 1.54) is 17.5 Å². The molecule has 1 saturated carbocycles. The van der Waals surface area contributed by atoms with Crippen LogP contribution in [0, 0.1) is 6.92 Å². The van der Waals surface area contributed by atoms with E-state index in [9.17, 15) is 0 Å². The zero-order valence-electron chi connectivity index (χ0n) is 7.16. The Balaban J connectivity index is 0.000000720. The van der Waals surface area contributed by atoms with Crippen molar-refractivity contribution in [2.24, 2.45) is 5.73 Å². The van der Waals surface area contributed by atoms with Crippen LogP contribution in [0.2, 0.25) is 0 Å². The van der Waals surface area contributed by atoms with Gasteiger partial charge in [-0.2, -0.15) is 0 Å². The second kappa shape index (κ2) is 3.46. The molecule has 1 nitrogen and oxygen atoms in total. The minimum Gasteiger partial charge on any atom is -0.327 e. The van der Waals surface area contributed by atoms with Crippen LogP contribution in [0.5, 0.6) is 0 Å². The predicted molar refractivity (Wildman–Crippen MR) is 53.8 cm³/mol. The van der Waals surface area contributed by atoms with Crippen LogP contribution in [0.3, 0.4) is 0 Å². The van der Waals surface area contributed by atoms with E-state index in [4.69, 9.17) is 5.73 Å². The third kappa shape index (κ3) is 1.62. The highest BCUT2D eigenvalue weighted by Crippen LogP contribution is 2.40. The number of halogens is 1. The molecule has 2 atom stereocenters. The van der Waals surface area contributed by atoms with Gasteiger partial charge in [-0.05, 0) is 24.5 Å². The maximum absolute atomic E-state index is 5.77. The monoisotopic (exact) mass is 183 g/mol. The molecule has 0 amide bonds. The Bertz CT molecular complexity index is 272. The van der Waals surface area contributed by atoms with Gasteiger partial charge in [-0.1, -0.05) is 24.3 Å². The number of aryl methyl sites for hydroxylation is 1. The fourth-order valence-electron chi connectivity index (χ4n) is 1.58. The zero-order valence-corrected chi connectivity index (χ0v) is 7.97. The Labute approximate surface area is 79.4 Å². The first-order valence-electron chi connectivity index (χ1n) is 4.10. The maximum Gasteiger partial charge on any atom is 0.0115 e. The average molecular weight is 184 g/mol. The van der Waals surface area contributed by atoms with Crippen molar-refractivity contribution in [2.45, 2.75) is 25.3 Å². The summed E-state index contributed by atoms with van der Waals surface area (Å²) in [6, 6.07) is 8.93. The minimum absolute atomic E-state index is 0. The van der Waals surface area contributed by atoms with E-state index in [0.717, 1.165) is 0 Å². The fraction of sp³-hybridized carbons (Fsp3) is 0.400. The fourth-order valence-corrected chi connectivity index (χ4v) is 1.58. The molecule has 1 aliphatic rings. The van der Waals surface area contributed by atoms with Gasteiger partial charge in [-0.15, -0.1) is 12.4 Å². The van der Waals surface area contributed by atoms with Crippen LogP contribution >= 0.6 is 12.4 Å². The van der Waals surface area contributed by atoms with Crippen molar-refractivity contribution in [1.82, 2.24) is 0 Å². The van der Waals surface area contributed by atoms with Crippen molar-refractivity contribution >= 4 is 12.4 Å². The van der Waals surface area contributed by atoms with Gasteiger partial charge in [0.1, 0.15) is 0 Å². The Morgan fingerprint density at radius 3 is 2.42 bits per heavy atom. The molecule has 1 aliphatic carbocycles. The largest absolute Gasteiger partial charge is 0.327 e. The molecule has 0 saturated heterocycles. The molecule has 0 aliphatic heterocycles. The van der Waals surface area contributed by atoms with E-state index in [1.54, 1.807) is 0 Å². The molecular formula is C10H14ClN. The lowest BCUT2D eigenvalue weighted by atomic mass is 10.0. The third-order valence-electron chi connectivity index (χ3n) is 2.43. The molecule has 0 spiro atoms. The summed E-state index contributed by atoms with van der Waals surface area (Å²) < 4.78 is 0. The summed E-state index contributed by atoms with van der Waals surface area (Å²) in [6.07, 6.45) is 1.17. The van der Waals surface area contributed by atoms with Crippen molar-refractivity contribution in [3.05, 3.63) is 35.4 Å². The van der Waals surface area contributed by atoms with Crippen molar-refractivity contribution in [1.29, 1.82) is 0 Å². The van der Waals surface area contributed by atoms with E-state index in [0.29, 0.717) is 12.0 Å². The molecular weight excluding hydrogens is 170 g/mol. The second-order valence-electron chi connectivity index (χ2n) is 3.36. The maximum atomic E-state index is 5.77. The van der Waals surface area contributed by atoms with Gasteiger partial charge < -0.3 is 5.73 Å². The van der Waals surface area contributed by atoms with Crippen LogP contribution in [0.25, 0.3) is 0 Å². The van der Waals surface area contributed by atoms with E-state index in [2.05, 4.69) is 31.2 Å². The summed E-state index contributed by atoms with van der Waals surface area (Å²) >= 11 is 0. The molecule has 1 aromatic carbocycles. The predicted octanol–water partition coefficient (Wildman–Crippen LogP) is 2.23. The Morgan fingerprint density at radius 2 is 1.92 bits per heavy atom. The van der Waals surface area contributed by atoms with Crippen LogP contribution in [-0.2, 0) is 0 Å². The van der Waals surface area contributed by atoms with Crippen molar-refractivity contribution in [3.8, 4) is 0 Å². The van der Waals surface area contributed by atoms with Crippen LogP contribution in [0.1, 0.15) is 23.5 Å². The normalized spacial score (nSPS) is 26.2. The first-order chi connectivity index (χ1) is 5.29. The minimum atomic E-state index is 0. The van der Waals surface area contributed by atoms with E-state index < -0.39 is 0 Å². The summed E-state index contributed by atoms with van der Waals surface area (Å²) in [5.74, 6) is 0.649. The van der Waals surface area contributed by atoms with E-state index in [-0.39, 0.29) is 12.4 Å². The second-order valence-corrected chi connectivity index (χ2v) is 3.36. The first kappa shape index (κ1) is 9.56. The summed E-state index contributed by atoms with van der Waals surface area (Å²) in [5.41, 5.74) is 8.59. The van der Waals surface area contributed by atoms with Gasteiger partial charge in [-0.3, -0.25) is 0 Å². The lowest BCUT2D eigenvalue weighted by molar-refractivity contribution is 0.980. The topological polar surface area (TPSA) is 26.0 Å². The molecule has 66 valence electrons. The smallest absolute Gasteiger partial charge is 0.0115 e. The summed E-state index contributed by atoms with van der Waals surface area (Å²) in [6.45, 7) is 2.15. The van der Waals surface area contributed by atoms with E-state index >= 15 is 0 Å². The third-order valence-corrected chi connectivity index (χ3v) is 2.43. The molecule has 2 rings (SSSR count). The first-order valence-corrected chi connectivity index (χ1v) is 4.10. The van der Waals surface area contributed by atoms with Gasteiger partial charge in [0, 0.05) is 12.0 Å². The quantitative estimate of drug-likeness (QED) is 0.710. The summed E-state index contributed by atoms with van der Waals surface area (Å²) in [5, 5.41) is 0. The van der Waals surface area contributed by atoms with Crippen LogP contribution < -0.4 is 5.73 Å². The van der Waals surface area contributed by atoms with Crippen molar-refractivity contribution < 1.29 is 0 Å². The number of nitrogens with two attached hydrogens (primary N) is 1. The molecule has 0 radical (unpaired) electrons. The number of hydrogen-bond donors (Lipinski definition) is 1. The average Bonchev–Trinajstić information content (AvgIpc) is 2.68. The van der Waals surface area contributed by atoms with Crippen LogP contribution in [-0.4, -0.2) is 6.04 Å². The Morgan fingerprint density at radius 1 is 1.33 bits per heavy atom. The Hall–Kier alpha value is -0.530. The SMILES string of the molecule is Cc1ccccc1[C@@H]1C[C@H]1N.Cl. The molecule has 1 fully saturated rings. The molecule has 0 aromatic heterocycles.